The van der Waals surface area contributed by atoms with Crippen molar-refractivity contribution in [1.82, 2.24) is 4.90 Å². The molecule has 0 saturated carbocycles. The summed E-state index contributed by atoms with van der Waals surface area (Å²) in [6, 6.07) is 3.97. The van der Waals surface area contributed by atoms with Crippen LogP contribution < -0.4 is 4.90 Å². The number of carboxylic acids is 1. The molecule has 2 amide bonds. The van der Waals surface area contributed by atoms with E-state index in [1.807, 2.05) is 0 Å². The SMILES string of the molecule is O=C(O)[C@H]1CCCN1C(=O)C1CCN(c2cc(Cl)ccc2Cl)C1=O. The van der Waals surface area contributed by atoms with Gasteiger partial charge >= 0.3 is 5.97 Å². The Bertz CT molecular complexity index is 709. The number of carboxylic acid groups (broad SMARTS) is 1. The van der Waals surface area contributed by atoms with Crippen LogP contribution in [0.15, 0.2) is 18.2 Å². The highest BCUT2D eigenvalue weighted by Gasteiger charge is 2.44. The van der Waals surface area contributed by atoms with Crippen molar-refractivity contribution in [2.24, 2.45) is 5.92 Å². The fourth-order valence-corrected chi connectivity index (χ4v) is 3.71. The molecule has 2 aliphatic rings. The summed E-state index contributed by atoms with van der Waals surface area (Å²) in [6.07, 6.45) is 1.39. The largest absolute Gasteiger partial charge is 0.480 e. The number of benzene rings is 1. The molecule has 0 radical (unpaired) electrons. The fourth-order valence-electron chi connectivity index (χ4n) is 3.33. The van der Waals surface area contributed by atoms with Gasteiger partial charge in [0.15, 0.2) is 0 Å². The van der Waals surface area contributed by atoms with Gasteiger partial charge in [0, 0.05) is 18.1 Å². The lowest BCUT2D eigenvalue weighted by atomic mass is 10.1. The Kier molecular flexibility index (Phi) is 4.69. The van der Waals surface area contributed by atoms with Crippen molar-refractivity contribution in [2.45, 2.75) is 25.3 Å². The zero-order valence-electron chi connectivity index (χ0n) is 12.7. The molecule has 0 spiro atoms. The summed E-state index contributed by atoms with van der Waals surface area (Å²) < 4.78 is 0. The van der Waals surface area contributed by atoms with Gasteiger partial charge in [-0.05, 0) is 37.5 Å². The van der Waals surface area contributed by atoms with Crippen LogP contribution in [0.5, 0.6) is 0 Å². The van der Waals surface area contributed by atoms with Gasteiger partial charge in [-0.3, -0.25) is 9.59 Å². The van der Waals surface area contributed by atoms with Crippen molar-refractivity contribution in [3.8, 4) is 0 Å². The lowest BCUT2D eigenvalue weighted by Gasteiger charge is -2.24. The van der Waals surface area contributed by atoms with Gasteiger partial charge in [-0.15, -0.1) is 0 Å². The van der Waals surface area contributed by atoms with E-state index in [9.17, 15) is 19.5 Å². The molecular formula is C16H16Cl2N2O4. The Morgan fingerprint density at radius 3 is 2.62 bits per heavy atom. The normalized spacial score (nSPS) is 23.8. The van der Waals surface area contributed by atoms with E-state index in [2.05, 4.69) is 0 Å². The van der Waals surface area contributed by atoms with E-state index in [1.165, 1.54) is 9.80 Å². The third-order valence-corrected chi connectivity index (χ3v) is 5.08. The lowest BCUT2D eigenvalue weighted by Crippen LogP contribution is -2.45. The average molecular weight is 371 g/mol. The second-order valence-electron chi connectivity index (χ2n) is 5.95. The maximum absolute atomic E-state index is 12.7. The topological polar surface area (TPSA) is 77.9 Å². The van der Waals surface area contributed by atoms with Crippen LogP contribution in [-0.2, 0) is 14.4 Å². The molecular weight excluding hydrogens is 355 g/mol. The van der Waals surface area contributed by atoms with E-state index in [4.69, 9.17) is 23.2 Å². The van der Waals surface area contributed by atoms with Crippen molar-refractivity contribution < 1.29 is 19.5 Å². The summed E-state index contributed by atoms with van der Waals surface area (Å²) in [6.45, 7) is 0.721. The maximum Gasteiger partial charge on any atom is 0.326 e. The van der Waals surface area contributed by atoms with Crippen LogP contribution in [-0.4, -0.2) is 46.9 Å². The Morgan fingerprint density at radius 1 is 1.17 bits per heavy atom. The van der Waals surface area contributed by atoms with Crippen LogP contribution in [0, 0.1) is 5.92 Å². The van der Waals surface area contributed by atoms with E-state index in [0.717, 1.165) is 0 Å². The monoisotopic (exact) mass is 370 g/mol. The van der Waals surface area contributed by atoms with E-state index in [1.54, 1.807) is 18.2 Å². The molecule has 8 heteroatoms. The summed E-state index contributed by atoms with van der Waals surface area (Å²) in [5, 5.41) is 10.0. The zero-order valence-corrected chi connectivity index (χ0v) is 14.3. The van der Waals surface area contributed by atoms with Gasteiger partial charge in [-0.25, -0.2) is 4.79 Å². The molecule has 2 fully saturated rings. The Labute approximate surface area is 148 Å². The smallest absolute Gasteiger partial charge is 0.326 e. The molecule has 2 aliphatic heterocycles. The van der Waals surface area contributed by atoms with Crippen LogP contribution >= 0.6 is 23.2 Å². The fraction of sp³-hybridized carbons (Fsp3) is 0.438. The third-order valence-electron chi connectivity index (χ3n) is 4.52. The van der Waals surface area contributed by atoms with E-state index < -0.39 is 23.8 Å². The van der Waals surface area contributed by atoms with Crippen molar-refractivity contribution in [1.29, 1.82) is 0 Å². The first-order valence-corrected chi connectivity index (χ1v) is 8.45. The summed E-state index contributed by atoms with van der Waals surface area (Å²) in [7, 11) is 0. The van der Waals surface area contributed by atoms with Gasteiger partial charge in [-0.2, -0.15) is 0 Å². The molecule has 2 atom stereocenters. The molecule has 0 aliphatic carbocycles. The van der Waals surface area contributed by atoms with E-state index in [0.29, 0.717) is 48.1 Å². The first kappa shape index (κ1) is 17.0. The quantitative estimate of drug-likeness (QED) is 0.828. The standard InChI is InChI=1S/C16H16Cl2N2O4/c17-9-3-4-11(18)13(8-9)20-7-5-10(15(20)22)14(21)19-6-1-2-12(19)16(23)24/h3-4,8,10,12H,1-2,5-7H2,(H,23,24)/t10?,12-/m1/s1. The number of carbonyl (C=O) groups excluding carboxylic acids is 2. The molecule has 1 aromatic rings. The molecule has 24 heavy (non-hydrogen) atoms. The average Bonchev–Trinajstić information content (AvgIpc) is 3.16. The van der Waals surface area contributed by atoms with Gasteiger partial charge in [0.2, 0.25) is 11.8 Å². The molecule has 0 aromatic heterocycles. The van der Waals surface area contributed by atoms with Crippen LogP contribution in [0.1, 0.15) is 19.3 Å². The third kappa shape index (κ3) is 2.96. The number of carbonyl (C=O) groups is 3. The zero-order chi connectivity index (χ0) is 17.4. The van der Waals surface area contributed by atoms with Crippen LogP contribution in [0.4, 0.5) is 5.69 Å². The predicted octanol–water partition coefficient (Wildman–Crippen LogP) is 2.42. The summed E-state index contributed by atoms with van der Waals surface area (Å²) in [4.78, 5) is 39.4. The van der Waals surface area contributed by atoms with Crippen LogP contribution in [0.2, 0.25) is 10.0 Å². The van der Waals surface area contributed by atoms with Gasteiger partial charge in [0.1, 0.15) is 12.0 Å². The maximum atomic E-state index is 12.7. The summed E-state index contributed by atoms with van der Waals surface area (Å²) in [5.41, 5.74) is 0.473. The number of nitrogens with zero attached hydrogens (tertiary/aromatic N) is 2. The van der Waals surface area contributed by atoms with Crippen LogP contribution in [0.3, 0.4) is 0 Å². The molecule has 1 N–H and O–H groups in total. The van der Waals surface area contributed by atoms with E-state index >= 15 is 0 Å². The lowest BCUT2D eigenvalue weighted by molar-refractivity contribution is -0.151. The second kappa shape index (κ2) is 6.61. The Balaban J connectivity index is 1.80. The Morgan fingerprint density at radius 2 is 1.92 bits per heavy atom. The first-order valence-electron chi connectivity index (χ1n) is 7.70. The van der Waals surface area contributed by atoms with Gasteiger partial charge in [-0.1, -0.05) is 23.2 Å². The molecule has 0 bridgehead atoms. The number of hydrogen-bond acceptors (Lipinski definition) is 3. The van der Waals surface area contributed by atoms with E-state index in [-0.39, 0.29) is 5.91 Å². The van der Waals surface area contributed by atoms with Gasteiger partial charge in [0.05, 0.1) is 10.7 Å². The highest BCUT2D eigenvalue weighted by molar-refractivity contribution is 6.36. The number of halogens is 2. The molecule has 2 heterocycles. The number of anilines is 1. The number of amides is 2. The van der Waals surface area contributed by atoms with Crippen molar-refractivity contribution in [3.63, 3.8) is 0 Å². The van der Waals surface area contributed by atoms with Gasteiger partial charge in [0.25, 0.3) is 0 Å². The summed E-state index contributed by atoms with van der Waals surface area (Å²) >= 11 is 12.1. The van der Waals surface area contributed by atoms with Crippen molar-refractivity contribution >= 4 is 46.7 Å². The molecule has 6 nitrogen and oxygen atoms in total. The van der Waals surface area contributed by atoms with Crippen molar-refractivity contribution in [3.05, 3.63) is 28.2 Å². The highest BCUT2D eigenvalue weighted by atomic mass is 35.5. The minimum atomic E-state index is -1.03. The predicted molar refractivity (Wildman–Crippen MR) is 89.3 cm³/mol. The van der Waals surface area contributed by atoms with Crippen LogP contribution in [0.25, 0.3) is 0 Å². The summed E-state index contributed by atoms with van der Waals surface area (Å²) in [5.74, 6) is -2.66. The molecule has 2 saturated heterocycles. The first-order chi connectivity index (χ1) is 11.4. The molecule has 3 rings (SSSR count). The number of aliphatic carboxylic acids is 1. The number of rotatable bonds is 3. The second-order valence-corrected chi connectivity index (χ2v) is 6.80. The highest BCUT2D eigenvalue weighted by Crippen LogP contribution is 2.34. The molecule has 1 unspecified atom stereocenters. The molecule has 128 valence electrons. The number of likely N-dealkylation sites (tertiary alicyclic amines) is 1. The van der Waals surface area contributed by atoms with Crippen molar-refractivity contribution in [2.75, 3.05) is 18.0 Å². The Hall–Kier alpha value is -1.79. The molecule has 1 aromatic carbocycles. The van der Waals surface area contributed by atoms with Gasteiger partial charge < -0.3 is 14.9 Å². The number of hydrogen-bond donors (Lipinski definition) is 1. The minimum absolute atomic E-state index is 0.337. The minimum Gasteiger partial charge on any atom is -0.480 e.